The van der Waals surface area contributed by atoms with Crippen LogP contribution in [-0.2, 0) is 19.6 Å². The van der Waals surface area contributed by atoms with Gasteiger partial charge < -0.3 is 15.0 Å². The van der Waals surface area contributed by atoms with Gasteiger partial charge in [0.15, 0.2) is 0 Å². The fourth-order valence-corrected chi connectivity index (χ4v) is 3.08. The third-order valence-electron chi connectivity index (χ3n) is 4.50. The van der Waals surface area contributed by atoms with E-state index in [1.54, 1.807) is 0 Å². The first-order valence-electron chi connectivity index (χ1n) is 9.27. The molecule has 1 aromatic heterocycles. The number of nitrogens with one attached hydrogen (secondary N) is 2. The number of fused-ring (bicyclic) bond motifs is 1. The highest BCUT2D eigenvalue weighted by atomic mass is 16.5. The molecule has 1 heterocycles. The van der Waals surface area contributed by atoms with Gasteiger partial charge in [-0.1, -0.05) is 60.7 Å². The molecule has 4 nitrogen and oxygen atoms in total. The normalized spacial score (nSPS) is 11.0. The minimum Gasteiger partial charge on any atom is -0.489 e. The average molecular weight is 357 g/mol. The number of benzene rings is 3. The Morgan fingerprint density at radius 1 is 0.852 bits per heavy atom. The molecule has 4 heteroatoms. The second kappa shape index (κ2) is 8.52. The minimum absolute atomic E-state index is 0.580. The van der Waals surface area contributed by atoms with Crippen molar-refractivity contribution in [2.45, 2.75) is 19.6 Å². The molecule has 27 heavy (non-hydrogen) atoms. The largest absolute Gasteiger partial charge is 0.489 e. The van der Waals surface area contributed by atoms with Crippen LogP contribution in [0.2, 0.25) is 0 Å². The molecule has 136 valence electrons. The Kier molecular flexibility index (Phi) is 5.46. The molecule has 4 rings (SSSR count). The standard InChI is InChI=1S/C23H23N3O/c1-2-8-18(9-3-1)17-27-22-13-7-4-10-19(22)16-24-15-14-23-25-20-11-5-6-12-21(20)26-23/h1-13,24H,14-17H2,(H,25,26). The van der Waals surface area contributed by atoms with Gasteiger partial charge in [0, 0.05) is 25.1 Å². The first-order chi connectivity index (χ1) is 13.4. The molecule has 0 fully saturated rings. The van der Waals surface area contributed by atoms with E-state index >= 15 is 0 Å². The zero-order chi connectivity index (χ0) is 18.3. The van der Waals surface area contributed by atoms with Gasteiger partial charge in [-0.3, -0.25) is 0 Å². The fraction of sp³-hybridized carbons (Fsp3) is 0.174. The first-order valence-corrected chi connectivity index (χ1v) is 9.27. The Morgan fingerprint density at radius 3 is 2.52 bits per heavy atom. The number of imidazole rings is 1. The molecule has 3 aromatic carbocycles. The van der Waals surface area contributed by atoms with E-state index in [-0.39, 0.29) is 0 Å². The van der Waals surface area contributed by atoms with Gasteiger partial charge in [-0.2, -0.15) is 0 Å². The number of aromatic amines is 1. The van der Waals surface area contributed by atoms with Crippen molar-refractivity contribution in [3.05, 3.63) is 95.8 Å². The van der Waals surface area contributed by atoms with Gasteiger partial charge in [-0.25, -0.2) is 4.98 Å². The number of ether oxygens (including phenoxy) is 1. The molecule has 0 atom stereocenters. The smallest absolute Gasteiger partial charge is 0.124 e. The highest BCUT2D eigenvalue weighted by Crippen LogP contribution is 2.19. The third-order valence-corrected chi connectivity index (χ3v) is 4.50. The number of rotatable bonds is 8. The highest BCUT2D eigenvalue weighted by molar-refractivity contribution is 5.74. The monoisotopic (exact) mass is 357 g/mol. The number of aromatic nitrogens is 2. The average Bonchev–Trinajstić information content (AvgIpc) is 3.14. The molecule has 0 saturated carbocycles. The van der Waals surface area contributed by atoms with E-state index in [4.69, 9.17) is 4.74 Å². The van der Waals surface area contributed by atoms with Crippen molar-refractivity contribution in [1.29, 1.82) is 0 Å². The van der Waals surface area contributed by atoms with Crippen LogP contribution >= 0.6 is 0 Å². The van der Waals surface area contributed by atoms with Gasteiger partial charge in [-0.15, -0.1) is 0 Å². The van der Waals surface area contributed by atoms with Crippen LogP contribution < -0.4 is 10.1 Å². The minimum atomic E-state index is 0.580. The van der Waals surface area contributed by atoms with E-state index in [2.05, 4.69) is 39.6 Å². The molecule has 0 spiro atoms. The lowest BCUT2D eigenvalue weighted by Crippen LogP contribution is -2.17. The Balaban J connectivity index is 1.30. The molecule has 0 aliphatic carbocycles. The molecule has 0 amide bonds. The Labute approximate surface area is 159 Å². The summed E-state index contributed by atoms with van der Waals surface area (Å²) in [7, 11) is 0. The summed E-state index contributed by atoms with van der Waals surface area (Å²) < 4.78 is 6.02. The Morgan fingerprint density at radius 2 is 1.63 bits per heavy atom. The summed E-state index contributed by atoms with van der Waals surface area (Å²) in [5, 5.41) is 3.49. The summed E-state index contributed by atoms with van der Waals surface area (Å²) >= 11 is 0. The van der Waals surface area contributed by atoms with Crippen molar-refractivity contribution in [3.8, 4) is 5.75 Å². The van der Waals surface area contributed by atoms with Gasteiger partial charge >= 0.3 is 0 Å². The van der Waals surface area contributed by atoms with Crippen LogP contribution in [0.1, 0.15) is 17.0 Å². The lowest BCUT2D eigenvalue weighted by molar-refractivity contribution is 0.302. The van der Waals surface area contributed by atoms with E-state index in [1.807, 2.05) is 54.6 Å². The molecular weight excluding hydrogens is 334 g/mol. The predicted molar refractivity (Wildman–Crippen MR) is 109 cm³/mol. The van der Waals surface area contributed by atoms with Crippen LogP contribution in [0.25, 0.3) is 11.0 Å². The summed E-state index contributed by atoms with van der Waals surface area (Å²) in [6.07, 6.45) is 0.863. The predicted octanol–water partition coefficient (Wildman–Crippen LogP) is 4.47. The zero-order valence-corrected chi connectivity index (χ0v) is 15.2. The Bertz CT molecular complexity index is 962. The first kappa shape index (κ1) is 17.3. The SMILES string of the molecule is c1ccc(COc2ccccc2CNCCc2nc3ccccc3[nH]2)cc1. The maximum atomic E-state index is 6.02. The number of para-hydroxylation sites is 3. The van der Waals surface area contributed by atoms with Crippen LogP contribution in [0, 0.1) is 0 Å². The molecule has 0 radical (unpaired) electrons. The van der Waals surface area contributed by atoms with E-state index < -0.39 is 0 Å². The molecule has 0 aliphatic rings. The summed E-state index contributed by atoms with van der Waals surface area (Å²) in [6.45, 7) is 2.20. The number of nitrogens with zero attached hydrogens (tertiary/aromatic N) is 1. The van der Waals surface area contributed by atoms with Crippen molar-refractivity contribution in [1.82, 2.24) is 15.3 Å². The number of hydrogen-bond acceptors (Lipinski definition) is 3. The molecule has 0 aliphatic heterocycles. The van der Waals surface area contributed by atoms with Crippen LogP contribution in [-0.4, -0.2) is 16.5 Å². The summed E-state index contributed by atoms with van der Waals surface area (Å²) in [6, 6.07) is 26.5. The Hall–Kier alpha value is -3.11. The van der Waals surface area contributed by atoms with E-state index in [9.17, 15) is 0 Å². The molecule has 2 N–H and O–H groups in total. The van der Waals surface area contributed by atoms with E-state index in [0.717, 1.165) is 47.7 Å². The summed E-state index contributed by atoms with van der Waals surface area (Å²) in [5.74, 6) is 1.94. The maximum absolute atomic E-state index is 6.02. The van der Waals surface area contributed by atoms with Crippen LogP contribution in [0.3, 0.4) is 0 Å². The summed E-state index contributed by atoms with van der Waals surface area (Å²) in [4.78, 5) is 7.99. The fourth-order valence-electron chi connectivity index (χ4n) is 3.08. The van der Waals surface area contributed by atoms with Crippen LogP contribution in [0.5, 0.6) is 5.75 Å². The van der Waals surface area contributed by atoms with Crippen LogP contribution in [0.15, 0.2) is 78.9 Å². The molecule has 0 saturated heterocycles. The molecule has 0 bridgehead atoms. The molecule has 0 unspecified atom stereocenters. The van der Waals surface area contributed by atoms with Crippen molar-refractivity contribution >= 4 is 11.0 Å². The van der Waals surface area contributed by atoms with Crippen molar-refractivity contribution < 1.29 is 4.74 Å². The molecular formula is C23H23N3O. The second-order valence-electron chi connectivity index (χ2n) is 6.51. The van der Waals surface area contributed by atoms with E-state index in [1.165, 1.54) is 5.56 Å². The van der Waals surface area contributed by atoms with Gasteiger partial charge in [0.1, 0.15) is 18.2 Å². The molecule has 4 aromatic rings. The van der Waals surface area contributed by atoms with E-state index in [0.29, 0.717) is 6.61 Å². The highest BCUT2D eigenvalue weighted by Gasteiger charge is 2.05. The quantitative estimate of drug-likeness (QED) is 0.457. The van der Waals surface area contributed by atoms with Gasteiger partial charge in [0.05, 0.1) is 11.0 Å². The summed E-state index contributed by atoms with van der Waals surface area (Å²) in [5.41, 5.74) is 4.45. The number of hydrogen-bond donors (Lipinski definition) is 2. The lowest BCUT2D eigenvalue weighted by atomic mass is 10.2. The zero-order valence-electron chi connectivity index (χ0n) is 15.2. The van der Waals surface area contributed by atoms with Crippen LogP contribution in [0.4, 0.5) is 0 Å². The van der Waals surface area contributed by atoms with Gasteiger partial charge in [-0.05, 0) is 23.8 Å². The van der Waals surface area contributed by atoms with Crippen molar-refractivity contribution in [2.24, 2.45) is 0 Å². The maximum Gasteiger partial charge on any atom is 0.124 e. The van der Waals surface area contributed by atoms with Gasteiger partial charge in [0.2, 0.25) is 0 Å². The lowest BCUT2D eigenvalue weighted by Gasteiger charge is -2.12. The van der Waals surface area contributed by atoms with Crippen molar-refractivity contribution in [2.75, 3.05) is 6.54 Å². The van der Waals surface area contributed by atoms with Gasteiger partial charge in [0.25, 0.3) is 0 Å². The van der Waals surface area contributed by atoms with Crippen molar-refractivity contribution in [3.63, 3.8) is 0 Å². The number of H-pyrrole nitrogens is 1. The third kappa shape index (κ3) is 4.54. The second-order valence-corrected chi connectivity index (χ2v) is 6.51. The topological polar surface area (TPSA) is 49.9 Å².